The molecule has 0 aliphatic heterocycles. The lowest BCUT2D eigenvalue weighted by molar-refractivity contribution is -0.127. The fourth-order valence-electron chi connectivity index (χ4n) is 1.60. The van der Waals surface area contributed by atoms with Crippen LogP contribution < -0.4 is 10.2 Å². The molecule has 0 aliphatic rings. The minimum atomic E-state index is 0.0437. The first-order valence-corrected chi connectivity index (χ1v) is 6.89. The second-order valence-electron chi connectivity index (χ2n) is 5.30. The highest BCUT2D eigenvalue weighted by molar-refractivity contribution is 5.80. The summed E-state index contributed by atoms with van der Waals surface area (Å²) in [6.07, 6.45) is 0. The van der Waals surface area contributed by atoms with Crippen molar-refractivity contribution < 1.29 is 4.79 Å². The number of carbonyl (C=O) groups excluding carboxylic acids is 1. The van der Waals surface area contributed by atoms with Gasteiger partial charge in [-0.15, -0.1) is 0 Å². The third-order valence-electron chi connectivity index (χ3n) is 2.87. The summed E-state index contributed by atoms with van der Waals surface area (Å²) in [6.45, 7) is 7.23. The van der Waals surface area contributed by atoms with Crippen molar-refractivity contribution in [3.63, 3.8) is 0 Å². The highest BCUT2D eigenvalue weighted by Crippen LogP contribution is 2.19. The Morgan fingerprint density at radius 1 is 1.30 bits per heavy atom. The van der Waals surface area contributed by atoms with Crippen molar-refractivity contribution in [1.82, 2.24) is 14.9 Å². The molecule has 0 bridgehead atoms. The summed E-state index contributed by atoms with van der Waals surface area (Å²) in [7, 11) is 5.36. The Hall–Kier alpha value is -1.85. The number of anilines is 2. The number of hydrogen-bond donors (Lipinski definition) is 1. The molecule has 0 saturated carbocycles. The van der Waals surface area contributed by atoms with E-state index in [1.165, 1.54) is 0 Å². The zero-order chi connectivity index (χ0) is 15.3. The molecule has 0 radical (unpaired) electrons. The molecular weight excluding hydrogens is 254 g/mol. The monoisotopic (exact) mass is 279 g/mol. The molecule has 1 aromatic heterocycles. The van der Waals surface area contributed by atoms with Crippen molar-refractivity contribution in [2.75, 3.05) is 44.4 Å². The van der Waals surface area contributed by atoms with Gasteiger partial charge in [-0.3, -0.25) is 4.79 Å². The van der Waals surface area contributed by atoms with E-state index in [0.29, 0.717) is 6.54 Å². The van der Waals surface area contributed by atoms with Gasteiger partial charge in [-0.2, -0.15) is 0 Å². The third-order valence-corrected chi connectivity index (χ3v) is 2.87. The number of nitrogens with zero attached hydrogens (tertiary/aromatic N) is 4. The van der Waals surface area contributed by atoms with Crippen molar-refractivity contribution >= 4 is 17.5 Å². The molecule has 1 amide bonds. The van der Waals surface area contributed by atoms with Crippen LogP contribution in [0.4, 0.5) is 11.6 Å². The minimum Gasteiger partial charge on any atom is -0.370 e. The van der Waals surface area contributed by atoms with Crippen molar-refractivity contribution in [3.05, 3.63) is 11.9 Å². The van der Waals surface area contributed by atoms with Crippen LogP contribution in [0.5, 0.6) is 0 Å². The van der Waals surface area contributed by atoms with Crippen molar-refractivity contribution in [2.45, 2.75) is 26.7 Å². The van der Waals surface area contributed by atoms with Crippen LogP contribution in [0.2, 0.25) is 0 Å². The molecule has 20 heavy (non-hydrogen) atoms. The molecule has 6 nitrogen and oxygen atoms in total. The van der Waals surface area contributed by atoms with Gasteiger partial charge in [0.05, 0.1) is 6.54 Å². The molecule has 6 heteroatoms. The first kappa shape index (κ1) is 16.2. The highest BCUT2D eigenvalue weighted by atomic mass is 16.2. The summed E-state index contributed by atoms with van der Waals surface area (Å²) >= 11 is 0. The maximum absolute atomic E-state index is 11.8. The number of hydrogen-bond acceptors (Lipinski definition) is 5. The Labute approximate surface area is 121 Å². The number of nitrogens with one attached hydrogen (secondary N) is 1. The van der Waals surface area contributed by atoms with Crippen LogP contribution in [0.15, 0.2) is 6.07 Å². The second-order valence-corrected chi connectivity index (χ2v) is 5.30. The lowest BCUT2D eigenvalue weighted by Gasteiger charge is -2.21. The van der Waals surface area contributed by atoms with Gasteiger partial charge in [0, 0.05) is 39.7 Å². The molecule has 0 atom stereocenters. The van der Waals surface area contributed by atoms with E-state index >= 15 is 0 Å². The number of carbonyl (C=O) groups is 1. The van der Waals surface area contributed by atoms with E-state index in [-0.39, 0.29) is 11.8 Å². The second kappa shape index (κ2) is 7.07. The first-order chi connectivity index (χ1) is 9.35. The van der Waals surface area contributed by atoms with Gasteiger partial charge in [0.1, 0.15) is 17.5 Å². The van der Waals surface area contributed by atoms with Crippen LogP contribution in [0, 0.1) is 0 Å². The summed E-state index contributed by atoms with van der Waals surface area (Å²) in [5.41, 5.74) is 0. The van der Waals surface area contributed by atoms with Gasteiger partial charge < -0.3 is 15.1 Å². The molecule has 0 spiro atoms. The summed E-state index contributed by atoms with van der Waals surface area (Å²) in [4.78, 5) is 24.2. The van der Waals surface area contributed by atoms with E-state index in [9.17, 15) is 4.79 Å². The van der Waals surface area contributed by atoms with Gasteiger partial charge in [0.15, 0.2) is 0 Å². The Bertz CT molecular complexity index is 459. The molecule has 1 N–H and O–H groups in total. The van der Waals surface area contributed by atoms with Crippen molar-refractivity contribution in [3.8, 4) is 0 Å². The van der Waals surface area contributed by atoms with E-state index in [4.69, 9.17) is 0 Å². The molecular formula is C14H25N5O. The zero-order valence-corrected chi connectivity index (χ0v) is 13.3. The van der Waals surface area contributed by atoms with Gasteiger partial charge in [-0.25, -0.2) is 9.97 Å². The SMILES string of the molecule is CCNc1cc(N(C)CC(=O)N(C)C)nc(C(C)C)n1. The molecule has 1 heterocycles. The standard InChI is InChI=1S/C14H25N5O/c1-7-15-11-8-12(17-14(16-11)10(2)3)19(6)9-13(20)18(4)5/h8,10H,7,9H2,1-6H3,(H,15,16,17). The number of likely N-dealkylation sites (N-methyl/N-ethyl adjacent to an activating group) is 2. The number of rotatable bonds is 6. The minimum absolute atomic E-state index is 0.0437. The summed E-state index contributed by atoms with van der Waals surface area (Å²) in [5, 5.41) is 3.20. The van der Waals surface area contributed by atoms with Gasteiger partial charge >= 0.3 is 0 Å². The number of aromatic nitrogens is 2. The van der Waals surface area contributed by atoms with E-state index in [1.807, 2.05) is 24.9 Å². The Balaban J connectivity index is 3.00. The lowest BCUT2D eigenvalue weighted by Crippen LogP contribution is -2.35. The normalized spacial score (nSPS) is 10.6. The quantitative estimate of drug-likeness (QED) is 0.856. The van der Waals surface area contributed by atoms with Crippen molar-refractivity contribution in [2.24, 2.45) is 0 Å². The average molecular weight is 279 g/mol. The molecule has 0 aromatic carbocycles. The summed E-state index contributed by atoms with van der Waals surface area (Å²) in [6, 6.07) is 1.87. The Morgan fingerprint density at radius 3 is 2.45 bits per heavy atom. The third kappa shape index (κ3) is 4.36. The number of amides is 1. The van der Waals surface area contributed by atoms with Gasteiger partial charge in [-0.05, 0) is 6.92 Å². The van der Waals surface area contributed by atoms with Gasteiger partial charge in [0.2, 0.25) is 5.91 Å². The lowest BCUT2D eigenvalue weighted by atomic mass is 10.2. The molecule has 0 saturated heterocycles. The topological polar surface area (TPSA) is 61.4 Å². The molecule has 0 fully saturated rings. The summed E-state index contributed by atoms with van der Waals surface area (Å²) in [5.74, 6) is 2.62. The zero-order valence-electron chi connectivity index (χ0n) is 13.3. The molecule has 0 unspecified atom stereocenters. The van der Waals surface area contributed by atoms with Crippen LogP contribution in [-0.4, -0.2) is 55.0 Å². The van der Waals surface area contributed by atoms with Gasteiger partial charge in [-0.1, -0.05) is 13.8 Å². The predicted octanol–water partition coefficient (Wildman–Crippen LogP) is 1.56. The van der Waals surface area contributed by atoms with Crippen LogP contribution in [0.3, 0.4) is 0 Å². The van der Waals surface area contributed by atoms with Gasteiger partial charge in [0.25, 0.3) is 0 Å². The maximum Gasteiger partial charge on any atom is 0.241 e. The molecule has 112 valence electrons. The summed E-state index contributed by atoms with van der Waals surface area (Å²) < 4.78 is 0. The molecule has 1 rings (SSSR count). The Kier molecular flexibility index (Phi) is 5.73. The fraction of sp³-hybridized carbons (Fsp3) is 0.643. The first-order valence-electron chi connectivity index (χ1n) is 6.89. The van der Waals surface area contributed by atoms with E-state index in [2.05, 4.69) is 29.1 Å². The van der Waals surface area contributed by atoms with E-state index < -0.39 is 0 Å². The smallest absolute Gasteiger partial charge is 0.241 e. The van der Waals surface area contributed by atoms with Crippen LogP contribution in [-0.2, 0) is 4.79 Å². The van der Waals surface area contributed by atoms with E-state index in [1.54, 1.807) is 19.0 Å². The molecule has 0 aliphatic carbocycles. The largest absolute Gasteiger partial charge is 0.370 e. The van der Waals surface area contributed by atoms with Crippen LogP contribution in [0.25, 0.3) is 0 Å². The highest BCUT2D eigenvalue weighted by Gasteiger charge is 2.14. The van der Waals surface area contributed by atoms with Crippen LogP contribution >= 0.6 is 0 Å². The molecule has 1 aromatic rings. The average Bonchev–Trinajstić information content (AvgIpc) is 2.38. The Morgan fingerprint density at radius 2 is 1.95 bits per heavy atom. The van der Waals surface area contributed by atoms with Crippen molar-refractivity contribution in [1.29, 1.82) is 0 Å². The predicted molar refractivity (Wildman–Crippen MR) is 82.2 cm³/mol. The van der Waals surface area contributed by atoms with E-state index in [0.717, 1.165) is 24.0 Å². The maximum atomic E-state index is 11.8. The fourth-order valence-corrected chi connectivity index (χ4v) is 1.60. The van der Waals surface area contributed by atoms with Crippen LogP contribution in [0.1, 0.15) is 32.5 Å².